The van der Waals surface area contributed by atoms with Gasteiger partial charge in [0.2, 0.25) is 0 Å². The van der Waals surface area contributed by atoms with Crippen LogP contribution in [0.5, 0.6) is 0 Å². The van der Waals surface area contributed by atoms with Crippen molar-refractivity contribution in [2.45, 2.75) is 20.3 Å². The van der Waals surface area contributed by atoms with Crippen LogP contribution in [0.3, 0.4) is 0 Å². The summed E-state index contributed by atoms with van der Waals surface area (Å²) in [7, 11) is 0. The fraction of sp³-hybridized carbons (Fsp3) is 0.500. The molecule has 0 unspecified atom stereocenters. The maximum absolute atomic E-state index is 12.2. The first kappa shape index (κ1) is 12.8. The zero-order valence-corrected chi connectivity index (χ0v) is 12.2. The monoisotopic (exact) mass is 315 g/mol. The number of rotatable bonds is 1. The first-order valence-corrected chi connectivity index (χ1v) is 7.14. The smallest absolute Gasteiger partial charge is 0.264 e. The Balaban J connectivity index is 2.14. The third kappa shape index (κ3) is 2.60. The lowest BCUT2D eigenvalue weighted by Crippen LogP contribution is -2.48. The van der Waals surface area contributed by atoms with Gasteiger partial charge in [0, 0.05) is 34.8 Å². The first-order valence-electron chi connectivity index (χ1n) is 5.47. The number of nitrogens with zero attached hydrogens (tertiary/aromatic N) is 1. The topological polar surface area (TPSA) is 37.4 Å². The SMILES string of the molecule is CC1(C)CN(C(=O)c2cc(Br)cs2)CCC1=O. The highest BCUT2D eigenvalue weighted by Crippen LogP contribution is 2.28. The van der Waals surface area contributed by atoms with Crippen molar-refractivity contribution >= 4 is 39.0 Å². The normalized spacial score (nSPS) is 19.5. The van der Waals surface area contributed by atoms with Crippen LogP contribution < -0.4 is 0 Å². The molecular formula is C12H14BrNO2S. The lowest BCUT2D eigenvalue weighted by molar-refractivity contribution is -0.130. The van der Waals surface area contributed by atoms with Crippen molar-refractivity contribution in [3.8, 4) is 0 Å². The molecule has 0 radical (unpaired) electrons. The van der Waals surface area contributed by atoms with Crippen LogP contribution in [0.15, 0.2) is 15.9 Å². The second-order valence-electron chi connectivity index (χ2n) is 4.91. The highest BCUT2D eigenvalue weighted by atomic mass is 79.9. The molecule has 0 aromatic carbocycles. The summed E-state index contributed by atoms with van der Waals surface area (Å²) in [6, 6.07) is 1.83. The number of thiophene rings is 1. The van der Waals surface area contributed by atoms with Crippen LogP contribution in [0.25, 0.3) is 0 Å². The molecule has 1 aliphatic rings. The maximum Gasteiger partial charge on any atom is 0.264 e. The van der Waals surface area contributed by atoms with Crippen LogP contribution in [-0.2, 0) is 4.79 Å². The van der Waals surface area contributed by atoms with Gasteiger partial charge in [0.1, 0.15) is 5.78 Å². The fourth-order valence-corrected chi connectivity index (χ4v) is 3.37. The molecule has 2 heterocycles. The van der Waals surface area contributed by atoms with Crippen molar-refractivity contribution in [3.63, 3.8) is 0 Å². The van der Waals surface area contributed by atoms with Crippen LogP contribution in [0, 0.1) is 5.41 Å². The van der Waals surface area contributed by atoms with E-state index in [1.807, 2.05) is 25.3 Å². The van der Waals surface area contributed by atoms with Crippen molar-refractivity contribution in [1.82, 2.24) is 4.90 Å². The number of likely N-dealkylation sites (tertiary alicyclic amines) is 1. The van der Waals surface area contributed by atoms with E-state index in [2.05, 4.69) is 15.9 Å². The minimum absolute atomic E-state index is 0.0290. The van der Waals surface area contributed by atoms with Gasteiger partial charge in [-0.05, 0) is 22.0 Å². The van der Waals surface area contributed by atoms with Gasteiger partial charge in [0.15, 0.2) is 0 Å². The molecule has 0 bridgehead atoms. The molecule has 1 aromatic rings. The summed E-state index contributed by atoms with van der Waals surface area (Å²) < 4.78 is 0.929. The van der Waals surface area contributed by atoms with Crippen molar-refractivity contribution in [2.24, 2.45) is 5.41 Å². The molecule has 1 fully saturated rings. The number of amides is 1. The molecule has 2 rings (SSSR count). The standard InChI is InChI=1S/C12H14BrNO2S/c1-12(2)7-14(4-3-10(12)15)11(16)9-5-8(13)6-17-9/h5-6H,3-4,7H2,1-2H3. The van der Waals surface area contributed by atoms with E-state index in [0.717, 1.165) is 9.35 Å². The summed E-state index contributed by atoms with van der Waals surface area (Å²) in [6.45, 7) is 4.86. The van der Waals surface area contributed by atoms with Gasteiger partial charge in [-0.3, -0.25) is 9.59 Å². The zero-order chi connectivity index (χ0) is 12.6. The molecular weight excluding hydrogens is 302 g/mol. The molecule has 1 amide bonds. The third-order valence-electron chi connectivity index (χ3n) is 3.02. The van der Waals surface area contributed by atoms with Gasteiger partial charge < -0.3 is 4.90 Å². The van der Waals surface area contributed by atoms with Gasteiger partial charge in [-0.2, -0.15) is 0 Å². The minimum Gasteiger partial charge on any atom is -0.337 e. The van der Waals surface area contributed by atoms with E-state index < -0.39 is 5.41 Å². The number of ketones is 1. The van der Waals surface area contributed by atoms with Gasteiger partial charge in [-0.25, -0.2) is 0 Å². The predicted molar refractivity (Wildman–Crippen MR) is 71.3 cm³/mol. The third-order valence-corrected chi connectivity index (χ3v) is 4.69. The molecule has 0 saturated carbocycles. The second-order valence-corrected chi connectivity index (χ2v) is 6.74. The van der Waals surface area contributed by atoms with Gasteiger partial charge in [-0.15, -0.1) is 11.3 Å². The lowest BCUT2D eigenvalue weighted by Gasteiger charge is -2.36. The molecule has 0 N–H and O–H groups in total. The van der Waals surface area contributed by atoms with E-state index in [9.17, 15) is 9.59 Å². The number of hydrogen-bond donors (Lipinski definition) is 0. The molecule has 17 heavy (non-hydrogen) atoms. The fourth-order valence-electron chi connectivity index (χ4n) is 1.97. The van der Waals surface area contributed by atoms with Crippen LogP contribution in [-0.4, -0.2) is 29.7 Å². The average molecular weight is 316 g/mol. The highest BCUT2D eigenvalue weighted by Gasteiger charge is 2.36. The van der Waals surface area contributed by atoms with Crippen molar-refractivity contribution < 1.29 is 9.59 Å². The number of halogens is 1. The Morgan fingerprint density at radius 2 is 2.24 bits per heavy atom. The van der Waals surface area contributed by atoms with E-state index >= 15 is 0 Å². The number of hydrogen-bond acceptors (Lipinski definition) is 3. The Morgan fingerprint density at radius 1 is 1.53 bits per heavy atom. The van der Waals surface area contributed by atoms with E-state index in [1.54, 1.807) is 4.90 Å². The van der Waals surface area contributed by atoms with E-state index in [1.165, 1.54) is 11.3 Å². The quantitative estimate of drug-likeness (QED) is 0.799. The Morgan fingerprint density at radius 3 is 2.76 bits per heavy atom. The first-order chi connectivity index (χ1) is 7.90. The Bertz CT molecular complexity index is 467. The maximum atomic E-state index is 12.2. The molecule has 1 saturated heterocycles. The summed E-state index contributed by atoms with van der Waals surface area (Å²) in [5, 5.41) is 1.90. The predicted octanol–water partition coefficient (Wildman–Crippen LogP) is 2.95. The molecule has 0 aliphatic carbocycles. The van der Waals surface area contributed by atoms with Crippen LogP contribution in [0.4, 0.5) is 0 Å². The Kier molecular flexibility index (Phi) is 3.41. The average Bonchev–Trinajstić information content (AvgIpc) is 2.68. The largest absolute Gasteiger partial charge is 0.337 e. The number of Topliss-reactive ketones (excluding diaryl/α,β-unsaturated/α-hetero) is 1. The zero-order valence-electron chi connectivity index (χ0n) is 9.83. The molecule has 0 spiro atoms. The number of carbonyl (C=O) groups excluding carboxylic acids is 2. The van der Waals surface area contributed by atoms with Gasteiger partial charge in [-0.1, -0.05) is 13.8 Å². The molecule has 1 aliphatic heterocycles. The minimum atomic E-state index is -0.414. The summed E-state index contributed by atoms with van der Waals surface area (Å²) in [5.74, 6) is 0.273. The van der Waals surface area contributed by atoms with Crippen LogP contribution in [0.1, 0.15) is 29.9 Å². The Hall–Kier alpha value is -0.680. The molecule has 3 nitrogen and oxygen atoms in total. The van der Waals surface area contributed by atoms with Crippen molar-refractivity contribution in [1.29, 1.82) is 0 Å². The number of piperidine rings is 1. The van der Waals surface area contributed by atoms with E-state index in [-0.39, 0.29) is 11.7 Å². The Labute approximate surface area is 113 Å². The summed E-state index contributed by atoms with van der Waals surface area (Å²) in [6.07, 6.45) is 0.464. The number of carbonyl (C=O) groups is 2. The summed E-state index contributed by atoms with van der Waals surface area (Å²) in [5.41, 5.74) is -0.414. The van der Waals surface area contributed by atoms with Gasteiger partial charge >= 0.3 is 0 Å². The van der Waals surface area contributed by atoms with Gasteiger partial charge in [0.25, 0.3) is 5.91 Å². The van der Waals surface area contributed by atoms with Crippen LogP contribution >= 0.6 is 27.3 Å². The molecule has 1 aromatic heterocycles. The molecule has 0 atom stereocenters. The summed E-state index contributed by atoms with van der Waals surface area (Å²) >= 11 is 4.77. The van der Waals surface area contributed by atoms with E-state index in [0.29, 0.717) is 19.5 Å². The highest BCUT2D eigenvalue weighted by molar-refractivity contribution is 9.10. The summed E-state index contributed by atoms with van der Waals surface area (Å²) in [4.78, 5) is 26.4. The lowest BCUT2D eigenvalue weighted by atomic mass is 9.83. The van der Waals surface area contributed by atoms with Gasteiger partial charge in [0.05, 0.1) is 4.88 Å². The second kappa shape index (κ2) is 4.53. The van der Waals surface area contributed by atoms with Crippen molar-refractivity contribution in [2.75, 3.05) is 13.1 Å². The molecule has 92 valence electrons. The van der Waals surface area contributed by atoms with Crippen molar-refractivity contribution in [3.05, 3.63) is 20.8 Å². The van der Waals surface area contributed by atoms with Crippen LogP contribution in [0.2, 0.25) is 0 Å². The van der Waals surface area contributed by atoms with E-state index in [4.69, 9.17) is 0 Å². The molecule has 5 heteroatoms.